The first kappa shape index (κ1) is 20.3. The lowest BCUT2D eigenvalue weighted by Crippen LogP contribution is -2.33. The highest BCUT2D eigenvalue weighted by atomic mass is 35.5. The molecular weight excluding hydrogens is 326 g/mol. The zero-order valence-corrected chi connectivity index (χ0v) is 15.9. The van der Waals surface area contributed by atoms with E-state index in [0.717, 1.165) is 5.57 Å². The van der Waals surface area contributed by atoms with Crippen molar-refractivity contribution in [1.29, 1.82) is 0 Å². The summed E-state index contributed by atoms with van der Waals surface area (Å²) in [5, 5.41) is 3.38. The van der Waals surface area contributed by atoms with Crippen LogP contribution in [0.1, 0.15) is 38.1 Å². The molecule has 1 unspecified atom stereocenters. The minimum Gasteiger partial charge on any atom is -0.495 e. The quantitative estimate of drug-likeness (QED) is 0.741. The van der Waals surface area contributed by atoms with E-state index in [1.807, 2.05) is 45.9 Å². The van der Waals surface area contributed by atoms with Crippen LogP contribution in [0.5, 0.6) is 5.75 Å². The van der Waals surface area contributed by atoms with Crippen molar-refractivity contribution in [3.05, 3.63) is 52.6 Å². The molecule has 1 N–H and O–H groups in total. The van der Waals surface area contributed by atoms with Gasteiger partial charge >= 0.3 is 0 Å². The van der Waals surface area contributed by atoms with E-state index >= 15 is 0 Å². The van der Waals surface area contributed by atoms with Crippen molar-refractivity contribution in [3.63, 3.8) is 0 Å². The molecule has 0 saturated heterocycles. The number of nitrogens with one attached hydrogen (secondary N) is 1. The maximum absolute atomic E-state index is 12.4. The van der Waals surface area contributed by atoms with Gasteiger partial charge in [0, 0.05) is 12.7 Å². The fourth-order valence-electron chi connectivity index (χ4n) is 2.03. The molecule has 132 valence electrons. The van der Waals surface area contributed by atoms with Crippen molar-refractivity contribution in [2.24, 2.45) is 0 Å². The van der Waals surface area contributed by atoms with E-state index in [9.17, 15) is 4.79 Å². The molecule has 0 aliphatic heterocycles. The van der Waals surface area contributed by atoms with Crippen LogP contribution >= 0.6 is 11.6 Å². The number of carbonyl (C=O) groups is 1. The van der Waals surface area contributed by atoms with Gasteiger partial charge in [0.15, 0.2) is 0 Å². The van der Waals surface area contributed by atoms with Crippen molar-refractivity contribution in [2.45, 2.75) is 39.3 Å². The summed E-state index contributed by atoms with van der Waals surface area (Å²) in [5.41, 5.74) is 1.12. The van der Waals surface area contributed by atoms with Gasteiger partial charge in [-0.3, -0.25) is 4.79 Å². The molecule has 0 aliphatic carbocycles. The Morgan fingerprint density at radius 3 is 2.50 bits per heavy atom. The molecule has 1 rings (SSSR count). The largest absolute Gasteiger partial charge is 0.495 e. The minimum atomic E-state index is -0.360. The smallest absolute Gasteiger partial charge is 0.251 e. The Hall–Kier alpha value is -1.78. The average Bonchev–Trinajstić information content (AvgIpc) is 2.55. The van der Waals surface area contributed by atoms with Gasteiger partial charge in [-0.05, 0) is 51.5 Å². The number of hydrogen-bond donors (Lipinski definition) is 1. The molecule has 0 radical (unpaired) electrons. The summed E-state index contributed by atoms with van der Waals surface area (Å²) in [5.74, 6) is 0.353. The van der Waals surface area contributed by atoms with E-state index in [-0.39, 0.29) is 17.6 Å². The van der Waals surface area contributed by atoms with E-state index in [2.05, 4.69) is 5.32 Å². The van der Waals surface area contributed by atoms with Crippen molar-refractivity contribution in [1.82, 2.24) is 5.32 Å². The number of allylic oxidation sites excluding steroid dienone is 1. The van der Waals surface area contributed by atoms with E-state index < -0.39 is 0 Å². The number of ether oxygens (including phenoxy) is 2. The second kappa shape index (κ2) is 8.90. The van der Waals surface area contributed by atoms with Crippen molar-refractivity contribution in [2.75, 3.05) is 14.2 Å². The Labute approximate surface area is 149 Å². The topological polar surface area (TPSA) is 47.6 Å². The predicted octanol–water partition coefficient (Wildman–Crippen LogP) is 4.39. The lowest BCUT2D eigenvalue weighted by atomic mass is 10.0. The molecule has 5 heteroatoms. The third-order valence-corrected chi connectivity index (χ3v) is 4.09. The van der Waals surface area contributed by atoms with Gasteiger partial charge in [0.25, 0.3) is 5.91 Å². The van der Waals surface area contributed by atoms with Crippen molar-refractivity contribution in [3.8, 4) is 5.75 Å². The Morgan fingerprint density at radius 2 is 2.00 bits per heavy atom. The van der Waals surface area contributed by atoms with Crippen molar-refractivity contribution >= 4 is 17.5 Å². The third kappa shape index (κ3) is 5.69. The Bertz CT molecular complexity index is 635. The maximum Gasteiger partial charge on any atom is 0.251 e. The molecule has 4 nitrogen and oxygen atoms in total. The monoisotopic (exact) mass is 351 g/mol. The molecule has 0 aliphatic rings. The molecule has 1 amide bonds. The number of benzene rings is 1. The van der Waals surface area contributed by atoms with Gasteiger partial charge in [-0.1, -0.05) is 29.8 Å². The average molecular weight is 352 g/mol. The summed E-state index contributed by atoms with van der Waals surface area (Å²) >= 11 is 6.07. The first-order chi connectivity index (χ1) is 11.2. The molecule has 1 atom stereocenters. The van der Waals surface area contributed by atoms with Crippen molar-refractivity contribution < 1.29 is 14.3 Å². The number of hydrogen-bond acceptors (Lipinski definition) is 3. The summed E-state index contributed by atoms with van der Waals surface area (Å²) < 4.78 is 10.5. The Balaban J connectivity index is 2.83. The third-order valence-electron chi connectivity index (χ3n) is 3.80. The molecule has 0 fully saturated rings. The Morgan fingerprint density at radius 1 is 1.33 bits per heavy atom. The van der Waals surface area contributed by atoms with Crippen LogP contribution < -0.4 is 10.1 Å². The van der Waals surface area contributed by atoms with E-state index in [1.165, 1.54) is 7.11 Å². The number of halogens is 1. The zero-order valence-electron chi connectivity index (χ0n) is 15.1. The lowest BCUT2D eigenvalue weighted by Gasteiger charge is -2.20. The number of methoxy groups -OCH3 is 2. The number of amides is 1. The molecular formula is C19H26ClNO3. The van der Waals surface area contributed by atoms with Crippen LogP contribution in [0.3, 0.4) is 0 Å². The molecule has 24 heavy (non-hydrogen) atoms. The maximum atomic E-state index is 12.4. The molecule has 1 aromatic carbocycles. The van der Waals surface area contributed by atoms with Crippen LogP contribution in [0.4, 0.5) is 0 Å². The molecule has 0 saturated carbocycles. The number of rotatable bonds is 7. The first-order valence-electron chi connectivity index (χ1n) is 7.79. The summed E-state index contributed by atoms with van der Waals surface area (Å²) in [6.07, 6.45) is 5.90. The molecule has 0 spiro atoms. The van der Waals surface area contributed by atoms with Gasteiger partial charge in [0.1, 0.15) is 5.75 Å². The minimum absolute atomic E-state index is 0.146. The fraction of sp³-hybridized carbons (Fsp3) is 0.421. The first-order valence-corrected chi connectivity index (χ1v) is 8.17. The van der Waals surface area contributed by atoms with Crippen LogP contribution in [0, 0.1) is 0 Å². The van der Waals surface area contributed by atoms with Gasteiger partial charge in [-0.15, -0.1) is 0 Å². The molecule has 0 heterocycles. The summed E-state index contributed by atoms with van der Waals surface area (Å²) in [7, 11) is 3.20. The van der Waals surface area contributed by atoms with Gasteiger partial charge in [-0.25, -0.2) is 0 Å². The molecule has 0 bridgehead atoms. The zero-order chi connectivity index (χ0) is 18.3. The van der Waals surface area contributed by atoms with Gasteiger partial charge in [0.2, 0.25) is 0 Å². The summed E-state index contributed by atoms with van der Waals surface area (Å²) in [4.78, 5) is 12.4. The Kier molecular flexibility index (Phi) is 7.52. The van der Waals surface area contributed by atoms with E-state index in [4.69, 9.17) is 21.1 Å². The van der Waals surface area contributed by atoms with Crippen LogP contribution in [-0.4, -0.2) is 31.8 Å². The predicted molar refractivity (Wildman–Crippen MR) is 98.9 cm³/mol. The van der Waals surface area contributed by atoms with E-state index in [1.54, 1.807) is 25.3 Å². The molecule has 1 aromatic rings. The van der Waals surface area contributed by atoms with Crippen LogP contribution in [0.25, 0.3) is 0 Å². The fourth-order valence-corrected chi connectivity index (χ4v) is 2.28. The highest BCUT2D eigenvalue weighted by Gasteiger charge is 2.15. The lowest BCUT2D eigenvalue weighted by molar-refractivity contribution is 0.0655. The second-order valence-electron chi connectivity index (χ2n) is 5.97. The standard InChI is InChI=1S/C19H26ClNO3/c1-7-14(10-11-19(3,4)24-6)13(2)21-18(22)15-8-9-17(23-5)16(20)12-15/h7-13H,1-6H3,(H,21,22)/b11-10-,14-7+. The summed E-state index contributed by atoms with van der Waals surface area (Å²) in [6.45, 7) is 7.81. The van der Waals surface area contributed by atoms with Gasteiger partial charge < -0.3 is 14.8 Å². The summed E-state index contributed by atoms with van der Waals surface area (Å²) in [6, 6.07) is 4.82. The normalized spacial score (nSPS) is 13.9. The molecule has 0 aromatic heterocycles. The number of carbonyl (C=O) groups excluding carboxylic acids is 1. The van der Waals surface area contributed by atoms with Crippen LogP contribution in [0.2, 0.25) is 5.02 Å². The van der Waals surface area contributed by atoms with Crippen LogP contribution in [-0.2, 0) is 4.74 Å². The van der Waals surface area contributed by atoms with Gasteiger partial charge in [0.05, 0.1) is 23.8 Å². The second-order valence-corrected chi connectivity index (χ2v) is 6.38. The highest BCUT2D eigenvalue weighted by molar-refractivity contribution is 6.32. The SMILES string of the molecule is C/C=C(\C=C/C(C)(C)OC)C(C)NC(=O)c1ccc(OC)c(Cl)c1. The highest BCUT2D eigenvalue weighted by Crippen LogP contribution is 2.25. The van der Waals surface area contributed by atoms with Gasteiger partial charge in [-0.2, -0.15) is 0 Å². The van der Waals surface area contributed by atoms with E-state index in [0.29, 0.717) is 16.3 Å². The van der Waals surface area contributed by atoms with Crippen LogP contribution in [0.15, 0.2) is 42.0 Å².